The fraction of sp³-hybridized carbons (Fsp3) is 0.952. The monoisotopic (exact) mass is 372 g/mol. The molecule has 154 valence electrons. The third-order valence-electron chi connectivity index (χ3n) is 6.00. The van der Waals surface area contributed by atoms with Crippen molar-refractivity contribution in [3.63, 3.8) is 0 Å². The summed E-state index contributed by atoms with van der Waals surface area (Å²) in [4.78, 5) is 11.7. The second kappa shape index (κ2) is 12.7. The van der Waals surface area contributed by atoms with E-state index in [2.05, 4.69) is 41.5 Å². The average Bonchev–Trinajstić information content (AvgIpc) is 2.65. The van der Waals surface area contributed by atoms with Gasteiger partial charge in [0.15, 0.2) is 6.29 Å². The number of rotatable bonds is 12. The molecule has 0 aromatic heterocycles. The lowest BCUT2D eigenvalue weighted by molar-refractivity contribution is -0.251. The molecule has 1 rings (SSSR count). The van der Waals surface area contributed by atoms with E-state index >= 15 is 0 Å². The van der Waals surface area contributed by atoms with Gasteiger partial charge in [-0.15, -0.1) is 0 Å². The van der Waals surface area contributed by atoms with Gasteiger partial charge in [-0.3, -0.25) is 4.79 Å². The number of hydrogen-bond donors (Lipinski definition) is 0. The van der Waals surface area contributed by atoms with Crippen LogP contribution in [0.25, 0.3) is 0 Å². The van der Waals surface area contributed by atoms with Gasteiger partial charge in [-0.1, -0.05) is 54.4 Å². The minimum atomic E-state index is -0.160. The number of hydrogen-bond acceptors (Lipinski definition) is 5. The number of carbonyl (C=O) groups excluding carboxylic acids is 1. The van der Waals surface area contributed by atoms with Crippen LogP contribution in [-0.4, -0.2) is 44.8 Å². The minimum Gasteiger partial charge on any atom is -0.463 e. The summed E-state index contributed by atoms with van der Waals surface area (Å²) in [5, 5.41) is 0. The maximum Gasteiger partial charge on any atom is 0.306 e. The summed E-state index contributed by atoms with van der Waals surface area (Å²) < 4.78 is 22.7. The molecular formula is C21H40O5. The zero-order valence-corrected chi connectivity index (χ0v) is 17.7. The van der Waals surface area contributed by atoms with E-state index < -0.39 is 0 Å². The number of carbonyl (C=O) groups is 1. The summed E-state index contributed by atoms with van der Waals surface area (Å²) in [6.45, 7) is 14.8. The van der Waals surface area contributed by atoms with Crippen molar-refractivity contribution in [2.75, 3.05) is 26.4 Å². The predicted octanol–water partition coefficient (Wildman–Crippen LogP) is 4.43. The number of ether oxygens (including phenoxy) is 4. The molecule has 0 saturated carbocycles. The molecule has 1 aliphatic rings. The van der Waals surface area contributed by atoms with Gasteiger partial charge in [0, 0.05) is 12.3 Å². The smallest absolute Gasteiger partial charge is 0.306 e. The van der Waals surface area contributed by atoms with Crippen molar-refractivity contribution in [3.05, 3.63) is 0 Å². The van der Waals surface area contributed by atoms with Gasteiger partial charge in [0.05, 0.1) is 25.9 Å². The van der Waals surface area contributed by atoms with E-state index in [0.717, 1.165) is 19.3 Å². The van der Waals surface area contributed by atoms with Crippen LogP contribution < -0.4 is 0 Å². The standard InChI is InChI=1S/C21H40O5/c1-7-18(8-2)14-20(22)24-12-10-23-11-13-25-21-17(6)15(4)16(5)19(9-3)26-21/h15-19,21H,7-14H2,1-6H3. The maximum atomic E-state index is 11.7. The van der Waals surface area contributed by atoms with Crippen LogP contribution in [0.5, 0.6) is 0 Å². The van der Waals surface area contributed by atoms with Gasteiger partial charge in [0.25, 0.3) is 0 Å². The molecule has 0 aliphatic carbocycles. The van der Waals surface area contributed by atoms with Crippen LogP contribution in [0.15, 0.2) is 0 Å². The molecule has 5 unspecified atom stereocenters. The Balaban J connectivity index is 2.12. The molecule has 26 heavy (non-hydrogen) atoms. The van der Waals surface area contributed by atoms with E-state index in [9.17, 15) is 4.79 Å². The molecule has 5 heteroatoms. The van der Waals surface area contributed by atoms with Gasteiger partial charge in [-0.25, -0.2) is 0 Å². The van der Waals surface area contributed by atoms with Crippen LogP contribution in [0.4, 0.5) is 0 Å². The minimum absolute atomic E-state index is 0.128. The summed E-state index contributed by atoms with van der Waals surface area (Å²) in [5.74, 6) is 1.80. The average molecular weight is 373 g/mol. The summed E-state index contributed by atoms with van der Waals surface area (Å²) in [6, 6.07) is 0. The highest BCUT2D eigenvalue weighted by Crippen LogP contribution is 2.36. The predicted molar refractivity (Wildman–Crippen MR) is 103 cm³/mol. The van der Waals surface area contributed by atoms with E-state index in [-0.39, 0.29) is 18.4 Å². The zero-order valence-electron chi connectivity index (χ0n) is 17.7. The lowest BCUT2D eigenvalue weighted by Gasteiger charge is -2.43. The first-order valence-electron chi connectivity index (χ1n) is 10.4. The molecule has 1 fully saturated rings. The molecule has 1 saturated heterocycles. The van der Waals surface area contributed by atoms with Crippen molar-refractivity contribution in [1.29, 1.82) is 0 Å². The first kappa shape index (κ1) is 23.4. The Morgan fingerprint density at radius 3 is 2.19 bits per heavy atom. The van der Waals surface area contributed by atoms with Gasteiger partial charge in [-0.05, 0) is 24.2 Å². The highest BCUT2D eigenvalue weighted by Gasteiger charge is 2.38. The Morgan fingerprint density at radius 2 is 1.58 bits per heavy atom. The van der Waals surface area contributed by atoms with E-state index in [0.29, 0.717) is 56.5 Å². The van der Waals surface area contributed by atoms with Crippen molar-refractivity contribution in [2.24, 2.45) is 23.7 Å². The molecule has 0 bridgehead atoms. The Morgan fingerprint density at radius 1 is 0.923 bits per heavy atom. The SMILES string of the molecule is CCC(CC)CC(=O)OCCOCCOC1OC(CC)C(C)C(C)C1C. The summed E-state index contributed by atoms with van der Waals surface area (Å²) in [6.07, 6.45) is 3.64. The van der Waals surface area contributed by atoms with Crippen LogP contribution >= 0.6 is 0 Å². The number of esters is 1. The van der Waals surface area contributed by atoms with Crippen molar-refractivity contribution >= 4 is 5.97 Å². The molecule has 0 N–H and O–H groups in total. The van der Waals surface area contributed by atoms with Crippen LogP contribution in [0.3, 0.4) is 0 Å². The molecule has 0 aromatic rings. The Labute approximate surface area is 160 Å². The molecule has 0 radical (unpaired) electrons. The van der Waals surface area contributed by atoms with Crippen LogP contribution in [0, 0.1) is 23.7 Å². The second-order valence-electron chi connectivity index (χ2n) is 7.62. The third kappa shape index (κ3) is 7.53. The van der Waals surface area contributed by atoms with E-state index in [4.69, 9.17) is 18.9 Å². The van der Waals surface area contributed by atoms with Crippen LogP contribution in [0.2, 0.25) is 0 Å². The fourth-order valence-corrected chi connectivity index (χ4v) is 3.56. The highest BCUT2D eigenvalue weighted by molar-refractivity contribution is 5.69. The molecule has 5 atom stereocenters. The molecule has 1 aliphatic heterocycles. The van der Waals surface area contributed by atoms with Crippen molar-refractivity contribution in [3.8, 4) is 0 Å². The summed E-state index contributed by atoms with van der Waals surface area (Å²) >= 11 is 0. The fourth-order valence-electron chi connectivity index (χ4n) is 3.56. The van der Waals surface area contributed by atoms with Gasteiger partial charge in [0.1, 0.15) is 6.61 Å². The highest BCUT2D eigenvalue weighted by atomic mass is 16.7. The molecule has 5 nitrogen and oxygen atoms in total. The van der Waals surface area contributed by atoms with Crippen molar-refractivity contribution in [2.45, 2.75) is 79.6 Å². The normalized spacial score (nSPS) is 29.1. The summed E-state index contributed by atoms with van der Waals surface area (Å²) in [5.41, 5.74) is 0. The quantitative estimate of drug-likeness (QED) is 0.375. The molecule has 0 amide bonds. The lowest BCUT2D eigenvalue weighted by Crippen LogP contribution is -2.45. The first-order chi connectivity index (χ1) is 12.4. The Hall–Kier alpha value is -0.650. The molecular weight excluding hydrogens is 332 g/mol. The largest absolute Gasteiger partial charge is 0.463 e. The van der Waals surface area contributed by atoms with Crippen LogP contribution in [0.1, 0.15) is 67.2 Å². The maximum absolute atomic E-state index is 11.7. The van der Waals surface area contributed by atoms with Gasteiger partial charge < -0.3 is 18.9 Å². The van der Waals surface area contributed by atoms with E-state index in [1.165, 1.54) is 0 Å². The second-order valence-corrected chi connectivity index (χ2v) is 7.62. The zero-order chi connectivity index (χ0) is 19.5. The first-order valence-corrected chi connectivity index (χ1v) is 10.4. The van der Waals surface area contributed by atoms with Crippen molar-refractivity contribution in [1.82, 2.24) is 0 Å². The Bertz CT molecular complexity index is 381. The van der Waals surface area contributed by atoms with E-state index in [1.54, 1.807) is 0 Å². The van der Waals surface area contributed by atoms with Gasteiger partial charge in [0.2, 0.25) is 0 Å². The van der Waals surface area contributed by atoms with E-state index in [1.807, 2.05) is 0 Å². The molecule has 0 aromatic carbocycles. The van der Waals surface area contributed by atoms with Gasteiger partial charge >= 0.3 is 5.97 Å². The Kier molecular flexibility index (Phi) is 11.4. The summed E-state index contributed by atoms with van der Waals surface area (Å²) in [7, 11) is 0. The third-order valence-corrected chi connectivity index (χ3v) is 6.00. The topological polar surface area (TPSA) is 54.0 Å². The lowest BCUT2D eigenvalue weighted by atomic mass is 9.78. The van der Waals surface area contributed by atoms with Crippen LogP contribution in [-0.2, 0) is 23.7 Å². The van der Waals surface area contributed by atoms with Crippen molar-refractivity contribution < 1.29 is 23.7 Å². The molecule has 0 spiro atoms. The van der Waals surface area contributed by atoms with Gasteiger partial charge in [-0.2, -0.15) is 0 Å². The molecule has 1 heterocycles.